The first-order valence-electron chi connectivity index (χ1n) is 10.4. The summed E-state index contributed by atoms with van der Waals surface area (Å²) >= 11 is 0. The van der Waals surface area contributed by atoms with Crippen LogP contribution in [-0.4, -0.2) is 0 Å². The maximum atomic E-state index is 9.65. The molecule has 0 aliphatic carbocycles. The van der Waals surface area contributed by atoms with E-state index in [-0.39, 0.29) is 0 Å². The van der Waals surface area contributed by atoms with Crippen LogP contribution in [0.1, 0.15) is 55.4 Å². The van der Waals surface area contributed by atoms with Crippen molar-refractivity contribution in [1.29, 1.82) is 10.5 Å². The highest BCUT2D eigenvalue weighted by atomic mass is 14.3. The third-order valence-electron chi connectivity index (χ3n) is 5.45. The first-order chi connectivity index (χ1) is 14.2. The van der Waals surface area contributed by atoms with Gasteiger partial charge in [0.15, 0.2) is 0 Å². The van der Waals surface area contributed by atoms with E-state index in [0.29, 0.717) is 11.1 Å². The molecule has 0 radical (unpaired) electrons. The van der Waals surface area contributed by atoms with Gasteiger partial charge in [0.05, 0.1) is 11.1 Å². The van der Waals surface area contributed by atoms with Gasteiger partial charge in [-0.2, -0.15) is 10.5 Å². The number of hydrogen-bond donors (Lipinski definition) is 0. The molecule has 3 aromatic carbocycles. The van der Waals surface area contributed by atoms with Crippen molar-refractivity contribution in [2.75, 3.05) is 0 Å². The molecular weight excluding hydrogens is 352 g/mol. The highest BCUT2D eigenvalue weighted by Crippen LogP contribution is 2.30. The quantitative estimate of drug-likeness (QED) is 0.413. The molecule has 0 heterocycles. The first-order valence-corrected chi connectivity index (χ1v) is 10.4. The second kappa shape index (κ2) is 9.72. The lowest BCUT2D eigenvalue weighted by atomic mass is 9.91. The van der Waals surface area contributed by atoms with E-state index in [4.69, 9.17) is 0 Å². The minimum absolute atomic E-state index is 0.469. The summed E-state index contributed by atoms with van der Waals surface area (Å²) in [5.41, 5.74) is 7.39. The van der Waals surface area contributed by atoms with Crippen LogP contribution in [0.5, 0.6) is 0 Å². The monoisotopic (exact) mass is 378 g/mol. The van der Waals surface area contributed by atoms with E-state index < -0.39 is 0 Å². The Morgan fingerprint density at radius 3 is 1.79 bits per heavy atom. The van der Waals surface area contributed by atoms with Crippen LogP contribution in [0.2, 0.25) is 0 Å². The van der Waals surface area contributed by atoms with Crippen LogP contribution < -0.4 is 0 Å². The molecule has 0 aromatic heterocycles. The maximum Gasteiger partial charge on any atom is 0.101 e. The average molecular weight is 379 g/mol. The van der Waals surface area contributed by atoms with Crippen molar-refractivity contribution in [2.45, 2.75) is 46.0 Å². The fraction of sp³-hybridized carbons (Fsp3) is 0.259. The van der Waals surface area contributed by atoms with E-state index in [0.717, 1.165) is 35.1 Å². The topological polar surface area (TPSA) is 47.6 Å². The molecule has 2 nitrogen and oxygen atoms in total. The van der Waals surface area contributed by atoms with Gasteiger partial charge in [-0.3, -0.25) is 0 Å². The van der Waals surface area contributed by atoms with E-state index in [1.807, 2.05) is 31.2 Å². The first kappa shape index (κ1) is 20.4. The largest absolute Gasteiger partial charge is 0.192 e. The number of unbranched alkanes of at least 4 members (excludes halogenated alkanes) is 2. The van der Waals surface area contributed by atoms with E-state index in [9.17, 15) is 10.5 Å². The summed E-state index contributed by atoms with van der Waals surface area (Å²) in [4.78, 5) is 0. The zero-order chi connectivity index (χ0) is 20.6. The molecule has 3 rings (SSSR count). The van der Waals surface area contributed by atoms with Gasteiger partial charge in [-0.1, -0.05) is 87.4 Å². The van der Waals surface area contributed by atoms with E-state index in [1.165, 1.54) is 30.4 Å². The minimum atomic E-state index is 0.469. The molecule has 3 aromatic rings. The molecule has 144 valence electrons. The predicted molar refractivity (Wildman–Crippen MR) is 119 cm³/mol. The zero-order valence-corrected chi connectivity index (χ0v) is 17.2. The summed E-state index contributed by atoms with van der Waals surface area (Å²) in [6.07, 6.45) is 5.65. The lowest BCUT2D eigenvalue weighted by molar-refractivity contribution is 0.717. The zero-order valence-electron chi connectivity index (χ0n) is 17.2. The van der Waals surface area contributed by atoms with Crippen molar-refractivity contribution >= 4 is 0 Å². The number of nitrogens with zero attached hydrogens (tertiary/aromatic N) is 2. The molecule has 0 aliphatic heterocycles. The van der Waals surface area contributed by atoms with Crippen molar-refractivity contribution in [3.8, 4) is 34.4 Å². The molecular formula is C27H26N2. The van der Waals surface area contributed by atoms with E-state index in [2.05, 4.69) is 55.5 Å². The van der Waals surface area contributed by atoms with Gasteiger partial charge in [0, 0.05) is 5.56 Å². The molecule has 0 unspecified atom stereocenters. The number of rotatable bonds is 7. The Kier molecular flexibility index (Phi) is 6.83. The Morgan fingerprint density at radius 1 is 0.655 bits per heavy atom. The molecule has 0 saturated heterocycles. The van der Waals surface area contributed by atoms with Gasteiger partial charge in [0.25, 0.3) is 0 Å². The van der Waals surface area contributed by atoms with Gasteiger partial charge in [-0.15, -0.1) is 0 Å². The minimum Gasteiger partial charge on any atom is -0.192 e. The number of hydrogen-bond acceptors (Lipinski definition) is 2. The third-order valence-corrected chi connectivity index (χ3v) is 5.45. The van der Waals surface area contributed by atoms with Crippen molar-refractivity contribution < 1.29 is 0 Å². The van der Waals surface area contributed by atoms with Gasteiger partial charge in [0.2, 0.25) is 0 Å². The van der Waals surface area contributed by atoms with Crippen LogP contribution in [0.25, 0.3) is 22.3 Å². The van der Waals surface area contributed by atoms with E-state index in [1.54, 1.807) is 0 Å². The van der Waals surface area contributed by atoms with Gasteiger partial charge in [-0.05, 0) is 47.1 Å². The fourth-order valence-electron chi connectivity index (χ4n) is 3.71. The summed E-state index contributed by atoms with van der Waals surface area (Å²) in [6, 6.07) is 25.4. The smallest absolute Gasteiger partial charge is 0.101 e. The highest BCUT2D eigenvalue weighted by Gasteiger charge is 2.13. The molecule has 0 amide bonds. The lowest BCUT2D eigenvalue weighted by Crippen LogP contribution is -1.96. The molecule has 0 fully saturated rings. The standard InChI is InChI=1S/C27H26N2/c1-3-5-6-7-20-8-10-22(11-9-20)23-12-14-24(15-13-23)25-17-16-21(4-2)26(18-28)27(25)19-29/h8-17H,3-7H2,1-2H3. The lowest BCUT2D eigenvalue weighted by Gasteiger charge is -2.10. The Morgan fingerprint density at radius 2 is 1.24 bits per heavy atom. The molecule has 2 heteroatoms. The third kappa shape index (κ3) is 4.56. The second-order valence-corrected chi connectivity index (χ2v) is 7.33. The van der Waals surface area contributed by atoms with Crippen molar-refractivity contribution in [2.24, 2.45) is 0 Å². The summed E-state index contributed by atoms with van der Waals surface area (Å²) in [6.45, 7) is 4.23. The van der Waals surface area contributed by atoms with Crippen LogP contribution in [0, 0.1) is 22.7 Å². The SMILES string of the molecule is CCCCCc1ccc(-c2ccc(-c3ccc(CC)c(C#N)c3C#N)cc2)cc1. The van der Waals surface area contributed by atoms with Gasteiger partial charge >= 0.3 is 0 Å². The van der Waals surface area contributed by atoms with Gasteiger partial charge in [0.1, 0.15) is 12.1 Å². The molecule has 0 saturated carbocycles. The van der Waals surface area contributed by atoms with Crippen molar-refractivity contribution in [3.63, 3.8) is 0 Å². The number of nitriles is 2. The summed E-state index contributed by atoms with van der Waals surface area (Å²) < 4.78 is 0. The molecule has 0 spiro atoms. The Bertz CT molecular complexity index is 1050. The summed E-state index contributed by atoms with van der Waals surface area (Å²) in [5, 5.41) is 19.2. The van der Waals surface area contributed by atoms with Crippen LogP contribution in [0.4, 0.5) is 0 Å². The predicted octanol–water partition coefficient (Wildman–Crippen LogP) is 7.06. The Balaban J connectivity index is 1.86. The number of aryl methyl sites for hydroxylation is 2. The van der Waals surface area contributed by atoms with Crippen LogP contribution >= 0.6 is 0 Å². The fourth-order valence-corrected chi connectivity index (χ4v) is 3.71. The average Bonchev–Trinajstić information content (AvgIpc) is 2.78. The normalized spacial score (nSPS) is 10.3. The molecule has 29 heavy (non-hydrogen) atoms. The Hall–Kier alpha value is -3.36. The van der Waals surface area contributed by atoms with Crippen molar-refractivity contribution in [3.05, 3.63) is 82.9 Å². The summed E-state index contributed by atoms with van der Waals surface area (Å²) in [7, 11) is 0. The molecule has 0 atom stereocenters. The van der Waals surface area contributed by atoms with Gasteiger partial charge in [-0.25, -0.2) is 0 Å². The molecule has 0 N–H and O–H groups in total. The van der Waals surface area contributed by atoms with Crippen molar-refractivity contribution in [1.82, 2.24) is 0 Å². The maximum absolute atomic E-state index is 9.65. The van der Waals surface area contributed by atoms with E-state index >= 15 is 0 Å². The second-order valence-electron chi connectivity index (χ2n) is 7.33. The van der Waals surface area contributed by atoms with Crippen LogP contribution in [0.3, 0.4) is 0 Å². The number of benzene rings is 3. The molecule has 0 aliphatic rings. The summed E-state index contributed by atoms with van der Waals surface area (Å²) in [5.74, 6) is 0. The Labute approximate surface area is 174 Å². The van der Waals surface area contributed by atoms with Crippen LogP contribution in [0.15, 0.2) is 60.7 Å². The highest BCUT2D eigenvalue weighted by molar-refractivity contribution is 5.77. The van der Waals surface area contributed by atoms with Gasteiger partial charge < -0.3 is 0 Å². The molecule has 0 bridgehead atoms. The van der Waals surface area contributed by atoms with Crippen LogP contribution in [-0.2, 0) is 12.8 Å².